The minimum Gasteiger partial charge on any atom is -0.392 e. The predicted octanol–water partition coefficient (Wildman–Crippen LogP) is 0.909. The Labute approximate surface area is 105 Å². The lowest BCUT2D eigenvalue weighted by molar-refractivity contribution is -0.118. The van der Waals surface area contributed by atoms with Crippen molar-refractivity contribution in [2.75, 3.05) is 11.9 Å². The zero-order valence-corrected chi connectivity index (χ0v) is 9.84. The number of hydrogen-bond acceptors (Lipinski definition) is 3. The lowest BCUT2D eigenvalue weighted by Crippen LogP contribution is -2.35. The molecule has 0 spiro atoms. The zero-order chi connectivity index (χ0) is 11.5. The molecule has 0 aromatic heterocycles. The molecule has 1 aliphatic heterocycles. The number of hydrogen-bond donors (Lipinski definition) is 3. The second-order valence-electron chi connectivity index (χ2n) is 3.82. The van der Waals surface area contributed by atoms with Gasteiger partial charge in [-0.25, -0.2) is 4.39 Å². The van der Waals surface area contributed by atoms with Gasteiger partial charge in [0, 0.05) is 6.54 Å². The minimum absolute atomic E-state index is 0. The Hall–Kier alpha value is -1.17. The molecule has 1 amide bonds. The number of aliphatic hydroxyl groups is 1. The maximum absolute atomic E-state index is 13.2. The van der Waals surface area contributed by atoms with Crippen molar-refractivity contribution in [1.82, 2.24) is 5.32 Å². The highest BCUT2D eigenvalue weighted by molar-refractivity contribution is 5.95. The van der Waals surface area contributed by atoms with E-state index in [2.05, 4.69) is 10.6 Å². The summed E-state index contributed by atoms with van der Waals surface area (Å²) in [6.07, 6.45) is -0.142. The molecule has 1 fully saturated rings. The van der Waals surface area contributed by atoms with Gasteiger partial charge in [-0.2, -0.15) is 0 Å². The average molecular weight is 261 g/mol. The fourth-order valence-corrected chi connectivity index (χ4v) is 1.70. The van der Waals surface area contributed by atoms with Crippen LogP contribution in [-0.4, -0.2) is 29.7 Å². The van der Waals surface area contributed by atoms with E-state index in [4.69, 9.17) is 0 Å². The van der Waals surface area contributed by atoms with Gasteiger partial charge in [-0.05, 0) is 18.6 Å². The Morgan fingerprint density at radius 2 is 2.18 bits per heavy atom. The Morgan fingerprint density at radius 3 is 2.76 bits per heavy atom. The van der Waals surface area contributed by atoms with Crippen LogP contribution in [0.4, 0.5) is 10.1 Å². The van der Waals surface area contributed by atoms with Crippen LogP contribution in [0.1, 0.15) is 6.42 Å². The molecule has 1 heterocycles. The molecule has 1 aliphatic rings. The van der Waals surface area contributed by atoms with Crippen LogP contribution in [0.5, 0.6) is 0 Å². The van der Waals surface area contributed by atoms with Gasteiger partial charge in [0.25, 0.3) is 0 Å². The van der Waals surface area contributed by atoms with Crippen molar-refractivity contribution in [1.29, 1.82) is 0 Å². The summed E-state index contributed by atoms with van der Waals surface area (Å²) in [4.78, 5) is 11.7. The van der Waals surface area contributed by atoms with E-state index in [0.717, 1.165) is 0 Å². The van der Waals surface area contributed by atoms with Crippen LogP contribution in [0.25, 0.3) is 0 Å². The largest absolute Gasteiger partial charge is 0.392 e. The Kier molecular flexibility index (Phi) is 4.86. The molecule has 17 heavy (non-hydrogen) atoms. The van der Waals surface area contributed by atoms with Crippen molar-refractivity contribution in [3.63, 3.8) is 0 Å². The average Bonchev–Trinajstić information content (AvgIpc) is 2.68. The van der Waals surface area contributed by atoms with Gasteiger partial charge < -0.3 is 15.7 Å². The zero-order valence-electron chi connectivity index (χ0n) is 9.02. The highest BCUT2D eigenvalue weighted by Crippen LogP contribution is 2.14. The molecule has 1 aromatic rings. The summed E-state index contributed by atoms with van der Waals surface area (Å²) in [5, 5.41) is 14.6. The molecular formula is C11H14ClFN2O2. The summed E-state index contributed by atoms with van der Waals surface area (Å²) in [6.45, 7) is 0.398. The molecule has 2 rings (SSSR count). The van der Waals surface area contributed by atoms with E-state index in [1.54, 1.807) is 12.1 Å². The third-order valence-electron chi connectivity index (χ3n) is 2.56. The van der Waals surface area contributed by atoms with E-state index in [9.17, 15) is 14.3 Å². The van der Waals surface area contributed by atoms with Crippen LogP contribution in [0.2, 0.25) is 0 Å². The van der Waals surface area contributed by atoms with E-state index in [0.29, 0.717) is 13.0 Å². The maximum Gasteiger partial charge on any atom is 0.241 e. The summed E-state index contributed by atoms with van der Waals surface area (Å²) in [5.74, 6) is -0.781. The molecule has 0 radical (unpaired) electrons. The van der Waals surface area contributed by atoms with Gasteiger partial charge in [0.05, 0.1) is 17.8 Å². The van der Waals surface area contributed by atoms with Crippen molar-refractivity contribution >= 4 is 24.0 Å². The van der Waals surface area contributed by atoms with Gasteiger partial charge in [0.2, 0.25) is 5.91 Å². The molecular weight excluding hydrogens is 247 g/mol. The number of rotatable bonds is 2. The van der Waals surface area contributed by atoms with E-state index >= 15 is 0 Å². The Balaban J connectivity index is 0.00000144. The molecule has 2 unspecified atom stereocenters. The van der Waals surface area contributed by atoms with E-state index in [1.165, 1.54) is 12.1 Å². The van der Waals surface area contributed by atoms with Crippen molar-refractivity contribution in [3.05, 3.63) is 30.1 Å². The first kappa shape index (κ1) is 13.9. The van der Waals surface area contributed by atoms with Crippen LogP contribution in [0.15, 0.2) is 24.3 Å². The van der Waals surface area contributed by atoms with Gasteiger partial charge in [-0.1, -0.05) is 12.1 Å². The monoisotopic (exact) mass is 260 g/mol. The lowest BCUT2D eigenvalue weighted by atomic mass is 10.2. The van der Waals surface area contributed by atoms with E-state index < -0.39 is 18.0 Å². The first-order valence-corrected chi connectivity index (χ1v) is 5.13. The SMILES string of the molecule is Cl.O=C(Nc1ccccc1F)C1CC(O)CN1. The number of β-amino-alcohol motifs (C(OH)–C–C–N with tert-alkyl or cyclic N) is 1. The van der Waals surface area contributed by atoms with Gasteiger partial charge in [-0.3, -0.25) is 4.79 Å². The molecule has 1 saturated heterocycles. The van der Waals surface area contributed by atoms with E-state index in [1.807, 2.05) is 0 Å². The minimum atomic E-state index is -0.503. The summed E-state index contributed by atoms with van der Waals surface area (Å²) in [5.41, 5.74) is 0.163. The standard InChI is InChI=1S/C11H13FN2O2.ClH/c12-8-3-1-2-4-9(8)14-11(16)10-5-7(15)6-13-10;/h1-4,7,10,13,15H,5-6H2,(H,14,16);1H. The van der Waals surface area contributed by atoms with Crippen LogP contribution >= 0.6 is 12.4 Å². The second-order valence-corrected chi connectivity index (χ2v) is 3.82. The van der Waals surface area contributed by atoms with Crippen molar-refractivity contribution in [2.45, 2.75) is 18.6 Å². The fourth-order valence-electron chi connectivity index (χ4n) is 1.70. The highest BCUT2D eigenvalue weighted by Gasteiger charge is 2.28. The van der Waals surface area contributed by atoms with Crippen LogP contribution in [0.3, 0.4) is 0 Å². The predicted molar refractivity (Wildman–Crippen MR) is 64.7 cm³/mol. The number of halogens is 2. The van der Waals surface area contributed by atoms with Crippen LogP contribution in [0, 0.1) is 5.82 Å². The molecule has 0 aliphatic carbocycles. The number of carbonyl (C=O) groups is 1. The first-order chi connectivity index (χ1) is 7.66. The van der Waals surface area contributed by atoms with Gasteiger partial charge in [-0.15, -0.1) is 12.4 Å². The Bertz CT molecular complexity index is 403. The van der Waals surface area contributed by atoms with Gasteiger partial charge in [0.1, 0.15) is 5.82 Å². The summed E-state index contributed by atoms with van der Waals surface area (Å²) < 4.78 is 13.2. The molecule has 2 atom stereocenters. The number of anilines is 1. The molecule has 0 saturated carbocycles. The summed E-state index contributed by atoms with van der Waals surface area (Å²) in [6, 6.07) is 5.54. The Morgan fingerprint density at radius 1 is 1.47 bits per heavy atom. The smallest absolute Gasteiger partial charge is 0.241 e. The number of benzene rings is 1. The van der Waals surface area contributed by atoms with Crippen LogP contribution in [-0.2, 0) is 4.79 Å². The highest BCUT2D eigenvalue weighted by atomic mass is 35.5. The van der Waals surface area contributed by atoms with E-state index in [-0.39, 0.29) is 24.0 Å². The van der Waals surface area contributed by atoms with Crippen molar-refractivity contribution in [3.8, 4) is 0 Å². The number of nitrogens with one attached hydrogen (secondary N) is 2. The summed E-state index contributed by atoms with van der Waals surface area (Å²) >= 11 is 0. The number of aliphatic hydroxyl groups excluding tert-OH is 1. The van der Waals surface area contributed by atoms with Gasteiger partial charge in [0.15, 0.2) is 0 Å². The van der Waals surface area contributed by atoms with Gasteiger partial charge >= 0.3 is 0 Å². The normalized spacial score (nSPS) is 22.9. The molecule has 94 valence electrons. The number of amides is 1. The quantitative estimate of drug-likeness (QED) is 0.741. The first-order valence-electron chi connectivity index (χ1n) is 5.13. The molecule has 3 N–H and O–H groups in total. The molecule has 6 heteroatoms. The van der Waals surface area contributed by atoms with Crippen molar-refractivity contribution in [2.24, 2.45) is 0 Å². The topological polar surface area (TPSA) is 61.4 Å². The number of para-hydroxylation sites is 1. The number of carbonyl (C=O) groups excluding carboxylic acids is 1. The fraction of sp³-hybridized carbons (Fsp3) is 0.364. The molecule has 1 aromatic carbocycles. The lowest BCUT2D eigenvalue weighted by Gasteiger charge is -2.11. The third kappa shape index (κ3) is 3.39. The second kappa shape index (κ2) is 5.95. The maximum atomic E-state index is 13.2. The summed E-state index contributed by atoms with van der Waals surface area (Å²) in [7, 11) is 0. The molecule has 4 nitrogen and oxygen atoms in total. The van der Waals surface area contributed by atoms with Crippen LogP contribution < -0.4 is 10.6 Å². The van der Waals surface area contributed by atoms with Crippen molar-refractivity contribution < 1.29 is 14.3 Å². The third-order valence-corrected chi connectivity index (χ3v) is 2.56. The molecule has 0 bridgehead atoms.